The van der Waals surface area contributed by atoms with Crippen LogP contribution in [0.4, 0.5) is 19.0 Å². The smallest absolute Gasteiger partial charge is 0.330 e. The number of aromatic amines is 1. The summed E-state index contributed by atoms with van der Waals surface area (Å²) in [4.78, 5) is 50.7. The molecule has 0 saturated carbocycles. The lowest BCUT2D eigenvalue weighted by molar-refractivity contribution is -0.200. The van der Waals surface area contributed by atoms with Crippen molar-refractivity contribution < 1.29 is 22.8 Å². The minimum Gasteiger partial charge on any atom is -0.330 e. The summed E-state index contributed by atoms with van der Waals surface area (Å²) >= 11 is 0. The maximum absolute atomic E-state index is 14.0. The van der Waals surface area contributed by atoms with Gasteiger partial charge in [0.1, 0.15) is 11.4 Å². The molecule has 2 heterocycles. The number of amides is 2. The molecule has 1 unspecified atom stereocenters. The van der Waals surface area contributed by atoms with Crippen LogP contribution in [0.1, 0.15) is 24.5 Å². The first-order valence-corrected chi connectivity index (χ1v) is 8.19. The highest BCUT2D eigenvalue weighted by Gasteiger charge is 2.68. The van der Waals surface area contributed by atoms with Gasteiger partial charge in [0.05, 0.1) is 5.69 Å². The Morgan fingerprint density at radius 2 is 1.79 bits per heavy atom. The number of nitrogens with one attached hydrogen (secondary N) is 3. The van der Waals surface area contributed by atoms with E-state index in [9.17, 15) is 32.3 Å². The lowest BCUT2D eigenvalue weighted by atomic mass is 9.91. The first kappa shape index (κ1) is 19.4. The topological polar surface area (TPSA) is 113 Å². The van der Waals surface area contributed by atoms with Crippen molar-refractivity contribution in [1.29, 1.82) is 0 Å². The maximum atomic E-state index is 14.0. The molecule has 1 aliphatic heterocycles. The van der Waals surface area contributed by atoms with Crippen LogP contribution in [-0.2, 0) is 15.1 Å². The largest absolute Gasteiger partial charge is 0.425 e. The monoisotopic (exact) mass is 396 g/mol. The van der Waals surface area contributed by atoms with Gasteiger partial charge in [0, 0.05) is 6.42 Å². The highest BCUT2D eigenvalue weighted by molar-refractivity contribution is 6.07. The number of aryl methyl sites for hydroxylation is 1. The number of H-pyrrole nitrogens is 1. The van der Waals surface area contributed by atoms with Gasteiger partial charge in [-0.05, 0) is 19.1 Å². The lowest BCUT2D eigenvalue weighted by Gasteiger charge is -2.29. The van der Waals surface area contributed by atoms with Crippen LogP contribution >= 0.6 is 0 Å². The number of benzene rings is 1. The molecule has 2 aromatic rings. The molecule has 3 rings (SSSR count). The summed E-state index contributed by atoms with van der Waals surface area (Å²) in [6.45, 7) is 3.06. The maximum Gasteiger partial charge on any atom is 0.425 e. The molecule has 1 aromatic heterocycles. The number of halogens is 3. The number of alkyl halides is 3. The van der Waals surface area contributed by atoms with Crippen molar-refractivity contribution in [2.24, 2.45) is 0 Å². The molecule has 11 heteroatoms. The highest BCUT2D eigenvalue weighted by atomic mass is 19.4. The van der Waals surface area contributed by atoms with Gasteiger partial charge in [-0.3, -0.25) is 19.4 Å². The first-order chi connectivity index (χ1) is 13.0. The lowest BCUT2D eigenvalue weighted by Crippen LogP contribution is -2.61. The molecule has 3 N–H and O–H groups in total. The summed E-state index contributed by atoms with van der Waals surface area (Å²) in [5, 5.41) is 3.58. The van der Waals surface area contributed by atoms with Crippen molar-refractivity contribution in [3.8, 4) is 5.69 Å². The molecule has 1 aromatic carbocycles. The van der Waals surface area contributed by atoms with Crippen LogP contribution in [-0.4, -0.2) is 27.5 Å². The number of carbonyl (C=O) groups is 2. The van der Waals surface area contributed by atoms with E-state index in [-0.39, 0.29) is 12.1 Å². The van der Waals surface area contributed by atoms with E-state index >= 15 is 0 Å². The zero-order valence-electron chi connectivity index (χ0n) is 14.7. The SMILES string of the molecule is CCC(=O)NC1(C(F)(F)F)C(=O)Nc2c1c(=O)[nH]c(=O)n2-c1ccc(C)cc1. The molecule has 1 atom stereocenters. The first-order valence-electron chi connectivity index (χ1n) is 8.19. The van der Waals surface area contributed by atoms with Crippen LogP contribution in [0.15, 0.2) is 33.9 Å². The number of aromatic nitrogens is 2. The average molecular weight is 396 g/mol. The van der Waals surface area contributed by atoms with Crippen LogP contribution in [0.5, 0.6) is 0 Å². The van der Waals surface area contributed by atoms with Crippen LogP contribution in [0.2, 0.25) is 0 Å². The van der Waals surface area contributed by atoms with E-state index < -0.39 is 46.2 Å². The van der Waals surface area contributed by atoms with Gasteiger partial charge in [0.25, 0.3) is 11.5 Å². The van der Waals surface area contributed by atoms with E-state index in [2.05, 4.69) is 0 Å². The highest BCUT2D eigenvalue weighted by Crippen LogP contribution is 2.45. The molecule has 28 heavy (non-hydrogen) atoms. The number of anilines is 1. The van der Waals surface area contributed by atoms with Gasteiger partial charge in [0.15, 0.2) is 0 Å². The fourth-order valence-electron chi connectivity index (χ4n) is 3.02. The van der Waals surface area contributed by atoms with Gasteiger partial charge in [-0.25, -0.2) is 9.36 Å². The van der Waals surface area contributed by atoms with Crippen LogP contribution < -0.4 is 21.9 Å². The summed E-state index contributed by atoms with van der Waals surface area (Å²) in [6.07, 6.45) is -5.69. The Balaban J connectivity index is 2.39. The summed E-state index contributed by atoms with van der Waals surface area (Å²) in [6, 6.07) is 6.09. The Morgan fingerprint density at radius 3 is 2.32 bits per heavy atom. The molecule has 1 aliphatic rings. The quantitative estimate of drug-likeness (QED) is 0.720. The van der Waals surface area contributed by atoms with Crippen LogP contribution in [0.3, 0.4) is 0 Å². The third-order valence-corrected chi connectivity index (χ3v) is 4.42. The molecule has 0 bridgehead atoms. The summed E-state index contributed by atoms with van der Waals surface area (Å²) in [5.41, 5.74) is -6.21. The van der Waals surface area contributed by atoms with Crippen LogP contribution in [0.25, 0.3) is 5.69 Å². The Morgan fingerprint density at radius 1 is 1.18 bits per heavy atom. The van der Waals surface area contributed by atoms with E-state index in [4.69, 9.17) is 0 Å². The van der Waals surface area contributed by atoms with E-state index in [1.54, 1.807) is 29.4 Å². The second-order valence-electron chi connectivity index (χ2n) is 6.26. The van der Waals surface area contributed by atoms with E-state index in [0.29, 0.717) is 0 Å². The molecule has 0 aliphatic carbocycles. The van der Waals surface area contributed by atoms with E-state index in [1.165, 1.54) is 19.1 Å². The van der Waals surface area contributed by atoms with Gasteiger partial charge < -0.3 is 10.6 Å². The Kier molecular flexibility index (Phi) is 4.40. The van der Waals surface area contributed by atoms with E-state index in [0.717, 1.165) is 10.1 Å². The Labute approximate surface area is 155 Å². The van der Waals surface area contributed by atoms with Crippen molar-refractivity contribution in [3.05, 3.63) is 56.2 Å². The van der Waals surface area contributed by atoms with Gasteiger partial charge in [0.2, 0.25) is 11.4 Å². The number of fused-ring (bicyclic) bond motifs is 1. The zero-order chi connectivity index (χ0) is 20.9. The summed E-state index contributed by atoms with van der Waals surface area (Å²) < 4.78 is 42.7. The standard InChI is InChI=1S/C17H15F3N4O4/c1-3-10(25)23-16(17(18,19)20)11-12(21-14(16)27)24(15(28)22-13(11)26)9-6-4-8(2)5-7-9/h4-7H,3H2,1-2H3,(H,21,27)(H,23,25)(H,22,26,28). The molecule has 0 saturated heterocycles. The molecular formula is C17H15F3N4O4. The third-order valence-electron chi connectivity index (χ3n) is 4.42. The molecule has 0 fully saturated rings. The van der Waals surface area contributed by atoms with Crippen molar-refractivity contribution in [3.63, 3.8) is 0 Å². The number of carbonyl (C=O) groups excluding carboxylic acids is 2. The van der Waals surface area contributed by atoms with Crippen molar-refractivity contribution in [2.75, 3.05) is 5.32 Å². The van der Waals surface area contributed by atoms with Crippen molar-refractivity contribution in [2.45, 2.75) is 32.0 Å². The summed E-state index contributed by atoms with van der Waals surface area (Å²) in [5.74, 6) is -3.40. The van der Waals surface area contributed by atoms with Gasteiger partial charge in [-0.1, -0.05) is 24.6 Å². The number of rotatable bonds is 3. The Hall–Kier alpha value is -3.37. The minimum absolute atomic E-state index is 0.128. The number of hydrogen-bond acceptors (Lipinski definition) is 4. The van der Waals surface area contributed by atoms with E-state index in [1.807, 2.05) is 5.32 Å². The van der Waals surface area contributed by atoms with Crippen molar-refractivity contribution in [1.82, 2.24) is 14.9 Å². The Bertz CT molecular complexity index is 1090. The van der Waals surface area contributed by atoms with Crippen molar-refractivity contribution >= 4 is 17.6 Å². The molecule has 148 valence electrons. The average Bonchev–Trinajstić information content (AvgIpc) is 2.89. The van der Waals surface area contributed by atoms with Gasteiger partial charge in [-0.15, -0.1) is 0 Å². The number of hydrogen-bond donors (Lipinski definition) is 3. The van der Waals surface area contributed by atoms with Gasteiger partial charge in [-0.2, -0.15) is 13.2 Å². The predicted molar refractivity (Wildman–Crippen MR) is 92.2 cm³/mol. The third kappa shape index (κ3) is 2.70. The second-order valence-corrected chi connectivity index (χ2v) is 6.26. The molecule has 2 amide bonds. The second kappa shape index (κ2) is 6.36. The predicted octanol–water partition coefficient (Wildman–Crippen LogP) is 1.07. The molecule has 0 radical (unpaired) electrons. The minimum atomic E-state index is -5.34. The molecular weight excluding hydrogens is 381 g/mol. The fourth-order valence-corrected chi connectivity index (χ4v) is 3.02. The summed E-state index contributed by atoms with van der Waals surface area (Å²) in [7, 11) is 0. The normalized spacial score (nSPS) is 18.5. The number of nitrogens with zero attached hydrogens (tertiary/aromatic N) is 1. The molecule has 8 nitrogen and oxygen atoms in total. The van der Waals surface area contributed by atoms with Gasteiger partial charge >= 0.3 is 11.9 Å². The van der Waals surface area contributed by atoms with Crippen LogP contribution in [0, 0.1) is 6.92 Å². The fraction of sp³-hybridized carbons (Fsp3) is 0.294. The zero-order valence-corrected chi connectivity index (χ0v) is 14.7. The molecule has 0 spiro atoms.